The van der Waals surface area contributed by atoms with Crippen LogP contribution in [0.15, 0.2) is 60.9 Å². The first-order chi connectivity index (χ1) is 10.8. The number of benzene rings is 2. The second-order valence-corrected chi connectivity index (χ2v) is 4.66. The monoisotopic (exact) mass is 294 g/mol. The highest BCUT2D eigenvalue weighted by atomic mass is 16.3. The lowest BCUT2D eigenvalue weighted by Crippen LogP contribution is -2.14. The van der Waals surface area contributed by atoms with Gasteiger partial charge in [0.25, 0.3) is 5.91 Å². The third-order valence-corrected chi connectivity index (χ3v) is 3.08. The van der Waals surface area contributed by atoms with Gasteiger partial charge in [-0.25, -0.2) is 9.67 Å². The van der Waals surface area contributed by atoms with Gasteiger partial charge in [0, 0.05) is 5.69 Å². The van der Waals surface area contributed by atoms with E-state index in [2.05, 4.69) is 15.4 Å². The summed E-state index contributed by atoms with van der Waals surface area (Å²) >= 11 is 0. The minimum Gasteiger partial charge on any atom is -0.392 e. The average Bonchev–Trinajstić information content (AvgIpc) is 3.06. The van der Waals surface area contributed by atoms with E-state index in [1.165, 1.54) is 6.33 Å². The van der Waals surface area contributed by atoms with Gasteiger partial charge in [-0.1, -0.05) is 30.3 Å². The van der Waals surface area contributed by atoms with E-state index in [9.17, 15) is 4.79 Å². The largest absolute Gasteiger partial charge is 0.392 e. The summed E-state index contributed by atoms with van der Waals surface area (Å²) < 4.78 is 1.54. The van der Waals surface area contributed by atoms with Crippen molar-refractivity contribution in [3.63, 3.8) is 0 Å². The molecule has 1 aromatic heterocycles. The molecule has 0 atom stereocenters. The van der Waals surface area contributed by atoms with Crippen LogP contribution in [-0.4, -0.2) is 25.8 Å². The molecule has 2 N–H and O–H groups in total. The lowest BCUT2D eigenvalue weighted by Gasteiger charge is -2.04. The number of hydrogen-bond acceptors (Lipinski definition) is 4. The van der Waals surface area contributed by atoms with E-state index in [-0.39, 0.29) is 12.4 Å². The van der Waals surface area contributed by atoms with Gasteiger partial charge in [-0.3, -0.25) is 4.79 Å². The maximum Gasteiger partial charge on any atom is 0.295 e. The van der Waals surface area contributed by atoms with Crippen LogP contribution < -0.4 is 5.32 Å². The molecule has 2 aromatic carbocycles. The number of carbonyl (C=O) groups excluding carboxylic acids is 1. The highest BCUT2D eigenvalue weighted by Crippen LogP contribution is 2.12. The second-order valence-electron chi connectivity index (χ2n) is 4.66. The van der Waals surface area contributed by atoms with Gasteiger partial charge in [-0.2, -0.15) is 0 Å². The Morgan fingerprint density at radius 1 is 1.14 bits per heavy atom. The Morgan fingerprint density at radius 3 is 2.73 bits per heavy atom. The Kier molecular flexibility index (Phi) is 3.93. The van der Waals surface area contributed by atoms with Gasteiger partial charge in [0.2, 0.25) is 5.82 Å². The normalized spacial score (nSPS) is 10.4. The second kappa shape index (κ2) is 6.19. The van der Waals surface area contributed by atoms with Crippen LogP contribution in [0.5, 0.6) is 0 Å². The van der Waals surface area contributed by atoms with E-state index in [1.54, 1.807) is 28.9 Å². The Labute approximate surface area is 127 Å². The van der Waals surface area contributed by atoms with Crippen LogP contribution in [0.2, 0.25) is 0 Å². The van der Waals surface area contributed by atoms with Crippen molar-refractivity contribution in [2.24, 2.45) is 0 Å². The molecule has 0 saturated carbocycles. The molecule has 0 radical (unpaired) electrons. The molecule has 0 saturated heterocycles. The van der Waals surface area contributed by atoms with Gasteiger partial charge in [-0.15, -0.1) is 5.10 Å². The first-order valence-corrected chi connectivity index (χ1v) is 6.74. The topological polar surface area (TPSA) is 80.0 Å². The number of para-hydroxylation sites is 1. The molecule has 1 amide bonds. The number of nitrogens with one attached hydrogen (secondary N) is 1. The maximum absolute atomic E-state index is 12.1. The molecule has 0 fully saturated rings. The molecule has 0 aliphatic carbocycles. The van der Waals surface area contributed by atoms with Gasteiger partial charge in [0.1, 0.15) is 6.33 Å². The highest BCUT2D eigenvalue weighted by Gasteiger charge is 2.12. The van der Waals surface area contributed by atoms with Crippen molar-refractivity contribution in [3.8, 4) is 5.69 Å². The van der Waals surface area contributed by atoms with Crippen LogP contribution in [-0.2, 0) is 6.61 Å². The van der Waals surface area contributed by atoms with E-state index in [0.29, 0.717) is 5.69 Å². The minimum absolute atomic E-state index is 0.0788. The molecule has 22 heavy (non-hydrogen) atoms. The van der Waals surface area contributed by atoms with Crippen molar-refractivity contribution in [1.82, 2.24) is 14.8 Å². The Bertz CT molecular complexity index is 784. The number of hydrogen-bond donors (Lipinski definition) is 2. The van der Waals surface area contributed by atoms with Crippen LogP contribution >= 0.6 is 0 Å². The van der Waals surface area contributed by atoms with E-state index in [4.69, 9.17) is 5.11 Å². The van der Waals surface area contributed by atoms with Crippen molar-refractivity contribution in [2.45, 2.75) is 6.61 Å². The molecule has 3 aromatic rings. The molecule has 6 heteroatoms. The average molecular weight is 294 g/mol. The van der Waals surface area contributed by atoms with Crippen molar-refractivity contribution in [3.05, 3.63) is 72.3 Å². The maximum atomic E-state index is 12.1. The van der Waals surface area contributed by atoms with Gasteiger partial charge < -0.3 is 10.4 Å². The van der Waals surface area contributed by atoms with Crippen molar-refractivity contribution >= 4 is 11.6 Å². The Hall–Kier alpha value is -2.99. The van der Waals surface area contributed by atoms with E-state index < -0.39 is 5.91 Å². The first-order valence-electron chi connectivity index (χ1n) is 6.74. The Morgan fingerprint density at radius 2 is 1.95 bits per heavy atom. The lowest BCUT2D eigenvalue weighted by atomic mass is 10.2. The lowest BCUT2D eigenvalue weighted by molar-refractivity contribution is 0.101. The number of aliphatic hydroxyl groups is 1. The third kappa shape index (κ3) is 3.02. The van der Waals surface area contributed by atoms with E-state index in [0.717, 1.165) is 11.3 Å². The van der Waals surface area contributed by atoms with Gasteiger partial charge in [0.05, 0.1) is 12.3 Å². The molecule has 0 aliphatic heterocycles. The number of carbonyl (C=O) groups is 1. The van der Waals surface area contributed by atoms with Crippen molar-refractivity contribution < 1.29 is 9.90 Å². The van der Waals surface area contributed by atoms with Crippen LogP contribution in [0.1, 0.15) is 16.2 Å². The van der Waals surface area contributed by atoms with Crippen LogP contribution in [0, 0.1) is 0 Å². The molecule has 1 heterocycles. The quantitative estimate of drug-likeness (QED) is 0.771. The summed E-state index contributed by atoms with van der Waals surface area (Å²) in [7, 11) is 0. The summed E-state index contributed by atoms with van der Waals surface area (Å²) in [4.78, 5) is 16.2. The highest BCUT2D eigenvalue weighted by molar-refractivity contribution is 6.01. The fourth-order valence-electron chi connectivity index (χ4n) is 2.01. The minimum atomic E-state index is -0.398. The smallest absolute Gasteiger partial charge is 0.295 e. The van der Waals surface area contributed by atoms with Crippen molar-refractivity contribution in [2.75, 3.05) is 5.32 Å². The first kappa shape index (κ1) is 14.0. The molecule has 0 unspecified atom stereocenters. The van der Waals surface area contributed by atoms with Crippen LogP contribution in [0.3, 0.4) is 0 Å². The van der Waals surface area contributed by atoms with Crippen LogP contribution in [0.4, 0.5) is 5.69 Å². The molecular weight excluding hydrogens is 280 g/mol. The summed E-state index contributed by atoms with van der Waals surface area (Å²) in [6.07, 6.45) is 1.49. The SMILES string of the molecule is O=C(Nc1cccc(CO)c1)c1ncn(-c2ccccc2)n1. The molecule has 110 valence electrons. The fraction of sp³-hybridized carbons (Fsp3) is 0.0625. The molecule has 6 nitrogen and oxygen atoms in total. The van der Waals surface area contributed by atoms with Gasteiger partial charge in [-0.05, 0) is 29.8 Å². The standard InChI is InChI=1S/C16H14N4O2/c21-10-12-5-4-6-13(9-12)18-16(22)15-17-11-20(19-15)14-7-2-1-3-8-14/h1-9,11,21H,10H2,(H,18,22). The predicted molar refractivity (Wildman–Crippen MR) is 81.7 cm³/mol. The van der Waals surface area contributed by atoms with E-state index in [1.807, 2.05) is 30.3 Å². The molecular formula is C16H14N4O2. The van der Waals surface area contributed by atoms with E-state index >= 15 is 0 Å². The van der Waals surface area contributed by atoms with Crippen LogP contribution in [0.25, 0.3) is 5.69 Å². The number of aliphatic hydroxyl groups excluding tert-OH is 1. The summed E-state index contributed by atoms with van der Waals surface area (Å²) in [6.45, 7) is -0.0788. The van der Waals surface area contributed by atoms with Gasteiger partial charge >= 0.3 is 0 Å². The zero-order valence-electron chi connectivity index (χ0n) is 11.7. The molecule has 0 aliphatic rings. The summed E-state index contributed by atoms with van der Waals surface area (Å²) in [5.74, 6) is -0.317. The Balaban J connectivity index is 1.77. The number of nitrogens with zero attached hydrogens (tertiary/aromatic N) is 3. The number of rotatable bonds is 4. The molecule has 0 spiro atoms. The molecule has 3 rings (SSSR count). The third-order valence-electron chi connectivity index (χ3n) is 3.08. The number of anilines is 1. The number of aromatic nitrogens is 3. The summed E-state index contributed by atoms with van der Waals surface area (Å²) in [5.41, 5.74) is 2.14. The summed E-state index contributed by atoms with van der Waals surface area (Å²) in [6, 6.07) is 16.4. The zero-order valence-corrected chi connectivity index (χ0v) is 11.7. The number of amides is 1. The fourth-order valence-corrected chi connectivity index (χ4v) is 2.01. The van der Waals surface area contributed by atoms with Crippen molar-refractivity contribution in [1.29, 1.82) is 0 Å². The predicted octanol–water partition coefficient (Wildman–Crippen LogP) is 2.01. The molecule has 0 bridgehead atoms. The summed E-state index contributed by atoms with van der Waals surface area (Å²) in [5, 5.41) is 16.0. The van der Waals surface area contributed by atoms with Gasteiger partial charge in [0.15, 0.2) is 0 Å². The zero-order chi connectivity index (χ0) is 15.4.